The van der Waals surface area contributed by atoms with E-state index in [1.165, 1.54) is 12.1 Å². The molecule has 0 fully saturated rings. The summed E-state index contributed by atoms with van der Waals surface area (Å²) < 4.78 is 10.8. The summed E-state index contributed by atoms with van der Waals surface area (Å²) >= 11 is 3.16. The summed E-state index contributed by atoms with van der Waals surface area (Å²) in [6.07, 6.45) is 0. The predicted octanol–water partition coefficient (Wildman–Crippen LogP) is 2.44. The Morgan fingerprint density at radius 2 is 2.00 bits per heavy atom. The van der Waals surface area contributed by atoms with Gasteiger partial charge >= 0.3 is 5.97 Å². The van der Waals surface area contributed by atoms with Gasteiger partial charge in [-0.15, -0.1) is 0 Å². The molecule has 0 aliphatic carbocycles. The van der Waals surface area contributed by atoms with E-state index in [0.29, 0.717) is 15.8 Å². The molecular weight excluding hydrogens is 264 g/mol. The average molecular weight is 273 g/mol. The fraction of sp³-hybridized carbons (Fsp3) is 0.300. The highest BCUT2D eigenvalue weighted by Crippen LogP contribution is 2.41. The van der Waals surface area contributed by atoms with Crippen molar-refractivity contribution in [1.29, 1.82) is 0 Å². The fourth-order valence-corrected chi connectivity index (χ4v) is 1.78. The third kappa shape index (κ3) is 1.67. The third-order valence-corrected chi connectivity index (χ3v) is 2.75. The van der Waals surface area contributed by atoms with Crippen LogP contribution in [-0.2, 0) is 4.74 Å². The quantitative estimate of drug-likeness (QED) is 0.737. The number of aromatic hydroxyl groups is 1. The van der Waals surface area contributed by atoms with Crippen LogP contribution in [0.15, 0.2) is 16.6 Å². The largest absolute Gasteiger partial charge is 0.507 e. The van der Waals surface area contributed by atoms with Crippen LogP contribution < -0.4 is 4.74 Å². The molecule has 0 radical (unpaired) electrons. The lowest BCUT2D eigenvalue weighted by molar-refractivity contribution is -0.127. The van der Waals surface area contributed by atoms with Gasteiger partial charge in [0.15, 0.2) is 5.75 Å². The van der Waals surface area contributed by atoms with Crippen molar-refractivity contribution in [3.63, 3.8) is 0 Å². The summed E-state index contributed by atoms with van der Waals surface area (Å²) in [4.78, 5) is 11.6. The highest BCUT2D eigenvalue weighted by molar-refractivity contribution is 9.10. The molecule has 1 aliphatic heterocycles. The first-order chi connectivity index (χ1) is 6.91. The van der Waals surface area contributed by atoms with E-state index in [4.69, 9.17) is 9.47 Å². The molecule has 0 saturated carbocycles. The average Bonchev–Trinajstić information content (AvgIpc) is 2.10. The van der Waals surface area contributed by atoms with Crippen molar-refractivity contribution >= 4 is 21.9 Å². The van der Waals surface area contributed by atoms with Crippen molar-refractivity contribution in [2.45, 2.75) is 19.6 Å². The molecule has 2 rings (SSSR count). The molecule has 1 aromatic rings. The minimum Gasteiger partial charge on any atom is -0.507 e. The molecule has 1 heterocycles. The van der Waals surface area contributed by atoms with E-state index in [2.05, 4.69) is 15.9 Å². The number of benzene rings is 1. The number of cyclic esters (lactones) is 1. The topological polar surface area (TPSA) is 55.8 Å². The maximum atomic E-state index is 11.6. The maximum Gasteiger partial charge on any atom is 0.345 e. The zero-order valence-electron chi connectivity index (χ0n) is 8.20. The number of carbonyl (C=O) groups excluding carboxylic acids is 1. The number of hydrogen-bond donors (Lipinski definition) is 1. The van der Waals surface area contributed by atoms with E-state index in [1.54, 1.807) is 13.8 Å². The normalized spacial score (nSPS) is 17.7. The molecule has 0 amide bonds. The molecule has 0 atom stereocenters. The summed E-state index contributed by atoms with van der Waals surface area (Å²) in [7, 11) is 0. The summed E-state index contributed by atoms with van der Waals surface area (Å²) in [5.41, 5.74) is 0.305. The molecule has 5 heteroatoms. The first kappa shape index (κ1) is 10.3. The maximum absolute atomic E-state index is 11.6. The van der Waals surface area contributed by atoms with Gasteiger partial charge in [-0.25, -0.2) is 4.79 Å². The van der Waals surface area contributed by atoms with Crippen molar-refractivity contribution in [3.8, 4) is 11.5 Å². The molecule has 0 unspecified atom stereocenters. The van der Waals surface area contributed by atoms with Crippen LogP contribution in [0.3, 0.4) is 0 Å². The van der Waals surface area contributed by atoms with Gasteiger partial charge in [0, 0.05) is 13.8 Å². The number of ether oxygens (including phenoxy) is 2. The molecule has 80 valence electrons. The highest BCUT2D eigenvalue weighted by Gasteiger charge is 2.35. The highest BCUT2D eigenvalue weighted by atomic mass is 79.9. The summed E-state index contributed by atoms with van der Waals surface area (Å²) in [5.74, 6) is -1.13. The molecule has 1 aromatic carbocycles. The molecule has 1 N–H and O–H groups in total. The van der Waals surface area contributed by atoms with E-state index < -0.39 is 11.8 Å². The number of phenols is 1. The molecule has 0 aromatic heterocycles. The van der Waals surface area contributed by atoms with Gasteiger partial charge < -0.3 is 14.6 Å². The molecule has 4 nitrogen and oxygen atoms in total. The first-order valence-corrected chi connectivity index (χ1v) is 5.14. The van der Waals surface area contributed by atoms with Crippen LogP contribution in [0.4, 0.5) is 0 Å². The minimum absolute atomic E-state index is 0.0271. The third-order valence-electron chi connectivity index (χ3n) is 1.98. The monoisotopic (exact) mass is 272 g/mol. The predicted molar refractivity (Wildman–Crippen MR) is 55.9 cm³/mol. The molecule has 0 bridgehead atoms. The summed E-state index contributed by atoms with van der Waals surface area (Å²) in [6, 6.07) is 2.87. The summed E-state index contributed by atoms with van der Waals surface area (Å²) in [6.45, 7) is 3.26. The van der Waals surface area contributed by atoms with Crippen LogP contribution in [0, 0.1) is 0 Å². The van der Waals surface area contributed by atoms with Gasteiger partial charge in [-0.1, -0.05) is 0 Å². The van der Waals surface area contributed by atoms with Crippen LogP contribution in [0.1, 0.15) is 24.2 Å². The number of carbonyl (C=O) groups is 1. The first-order valence-electron chi connectivity index (χ1n) is 4.34. The lowest BCUT2D eigenvalue weighted by Crippen LogP contribution is -2.39. The van der Waals surface area contributed by atoms with E-state index in [-0.39, 0.29) is 5.75 Å². The fourth-order valence-electron chi connectivity index (χ4n) is 1.35. The van der Waals surface area contributed by atoms with Crippen molar-refractivity contribution in [1.82, 2.24) is 0 Å². The summed E-state index contributed by atoms with van der Waals surface area (Å²) in [5, 5.41) is 9.45. The molecule has 1 aliphatic rings. The van der Waals surface area contributed by atoms with Crippen LogP contribution >= 0.6 is 15.9 Å². The number of hydrogen-bond acceptors (Lipinski definition) is 4. The molecule has 0 spiro atoms. The Morgan fingerprint density at radius 1 is 1.33 bits per heavy atom. The zero-order valence-corrected chi connectivity index (χ0v) is 9.79. The second-order valence-corrected chi connectivity index (χ2v) is 4.46. The molecule has 15 heavy (non-hydrogen) atoms. The Balaban J connectivity index is 2.61. The number of fused-ring (bicyclic) bond motifs is 1. The van der Waals surface area contributed by atoms with Crippen LogP contribution in [0.2, 0.25) is 0 Å². The molecule has 0 saturated heterocycles. The van der Waals surface area contributed by atoms with Gasteiger partial charge in [0.2, 0.25) is 5.79 Å². The Bertz CT molecular complexity index is 439. The standard InChI is InChI=1S/C10H9BrO4/c1-10(2)14-8-5(9(13)15-10)3-4-6(12)7(8)11/h3-4,12H,1-2H3. The Morgan fingerprint density at radius 3 is 2.67 bits per heavy atom. The van der Waals surface area contributed by atoms with E-state index >= 15 is 0 Å². The number of phenolic OH excluding ortho intramolecular Hbond substituents is 1. The Hall–Kier alpha value is -1.23. The van der Waals surface area contributed by atoms with Gasteiger partial charge in [0.1, 0.15) is 15.8 Å². The second kappa shape index (κ2) is 3.13. The smallest absolute Gasteiger partial charge is 0.345 e. The van der Waals surface area contributed by atoms with Crippen molar-refractivity contribution in [3.05, 3.63) is 22.2 Å². The van der Waals surface area contributed by atoms with Gasteiger partial charge in [-0.2, -0.15) is 0 Å². The van der Waals surface area contributed by atoms with Crippen molar-refractivity contribution in [2.75, 3.05) is 0 Å². The van der Waals surface area contributed by atoms with Gasteiger partial charge in [-0.3, -0.25) is 0 Å². The van der Waals surface area contributed by atoms with Crippen LogP contribution in [0.25, 0.3) is 0 Å². The zero-order chi connectivity index (χ0) is 11.2. The number of halogens is 1. The lowest BCUT2D eigenvalue weighted by Gasteiger charge is -2.32. The van der Waals surface area contributed by atoms with E-state index in [9.17, 15) is 9.90 Å². The minimum atomic E-state index is -1.01. The lowest BCUT2D eigenvalue weighted by atomic mass is 10.1. The SMILES string of the molecule is CC1(C)OC(=O)c2ccc(O)c(Br)c2O1. The Labute approximate surface area is 94.9 Å². The van der Waals surface area contributed by atoms with Gasteiger partial charge in [0.25, 0.3) is 0 Å². The number of rotatable bonds is 0. The second-order valence-electron chi connectivity index (χ2n) is 3.67. The van der Waals surface area contributed by atoms with Gasteiger partial charge in [0.05, 0.1) is 0 Å². The van der Waals surface area contributed by atoms with Crippen molar-refractivity contribution < 1.29 is 19.4 Å². The van der Waals surface area contributed by atoms with E-state index in [0.717, 1.165) is 0 Å². The van der Waals surface area contributed by atoms with E-state index in [1.807, 2.05) is 0 Å². The van der Waals surface area contributed by atoms with Gasteiger partial charge in [-0.05, 0) is 28.1 Å². The molecular formula is C10H9BrO4. The van der Waals surface area contributed by atoms with Crippen LogP contribution in [-0.4, -0.2) is 16.9 Å². The Kier molecular flexibility index (Phi) is 2.15. The van der Waals surface area contributed by atoms with Crippen molar-refractivity contribution in [2.24, 2.45) is 0 Å². The van der Waals surface area contributed by atoms with Crippen LogP contribution in [0.5, 0.6) is 11.5 Å². The number of esters is 1.